The van der Waals surface area contributed by atoms with Crippen molar-refractivity contribution >= 4 is 33.8 Å². The van der Waals surface area contributed by atoms with E-state index in [0.29, 0.717) is 42.0 Å². The van der Waals surface area contributed by atoms with Crippen molar-refractivity contribution in [3.8, 4) is 0 Å². The normalized spacial score (nSPS) is 11.4. The van der Waals surface area contributed by atoms with Crippen molar-refractivity contribution in [2.75, 3.05) is 29.9 Å². The first-order valence-electron chi connectivity index (χ1n) is 11.3. The lowest BCUT2D eigenvalue weighted by atomic mass is 10.1. The van der Waals surface area contributed by atoms with E-state index in [4.69, 9.17) is 0 Å². The molecule has 174 valence electrons. The second-order valence-corrected chi connectivity index (χ2v) is 8.09. The number of imidazole rings is 1. The minimum Gasteiger partial charge on any atom is -0.396 e. The van der Waals surface area contributed by atoms with Gasteiger partial charge in [-0.3, -0.25) is 9.48 Å². The number of aryl methyl sites for hydroxylation is 2. The Morgan fingerprint density at radius 1 is 1.21 bits per heavy atom. The van der Waals surface area contributed by atoms with Crippen LogP contribution in [0.2, 0.25) is 0 Å². The molecular weight excluding hydrogens is 423 g/mol. The van der Waals surface area contributed by atoms with Crippen LogP contribution >= 0.6 is 0 Å². The van der Waals surface area contributed by atoms with Crippen LogP contribution in [0.1, 0.15) is 42.7 Å². The number of aliphatic hydroxyl groups excluding tert-OH is 1. The zero-order valence-electron chi connectivity index (χ0n) is 19.2. The fourth-order valence-corrected chi connectivity index (χ4v) is 4.09. The third-order valence-corrected chi connectivity index (χ3v) is 5.57. The number of anilines is 2. The highest BCUT2D eigenvalue weighted by atomic mass is 19.1. The van der Waals surface area contributed by atoms with Gasteiger partial charge in [-0.05, 0) is 38.8 Å². The van der Waals surface area contributed by atoms with Gasteiger partial charge in [0, 0.05) is 62.0 Å². The number of pyridine rings is 1. The summed E-state index contributed by atoms with van der Waals surface area (Å²) in [6.45, 7) is 8.23. The molecule has 9 heteroatoms. The van der Waals surface area contributed by atoms with E-state index in [2.05, 4.69) is 27.2 Å². The van der Waals surface area contributed by atoms with Crippen LogP contribution in [0.15, 0.2) is 36.8 Å². The van der Waals surface area contributed by atoms with Crippen LogP contribution in [-0.2, 0) is 6.54 Å². The molecule has 0 saturated heterocycles. The number of aliphatic hydroxyl groups is 1. The maximum atomic E-state index is 14.5. The van der Waals surface area contributed by atoms with Crippen molar-refractivity contribution < 1.29 is 14.3 Å². The fraction of sp³-hybridized carbons (Fsp3) is 0.375. The van der Waals surface area contributed by atoms with Crippen molar-refractivity contribution in [1.82, 2.24) is 19.2 Å². The summed E-state index contributed by atoms with van der Waals surface area (Å²) >= 11 is 0. The molecule has 3 aromatic heterocycles. The van der Waals surface area contributed by atoms with Crippen molar-refractivity contribution in [1.29, 1.82) is 0 Å². The number of carbonyl (C=O) groups is 1. The van der Waals surface area contributed by atoms with Gasteiger partial charge in [-0.25, -0.2) is 9.37 Å². The lowest BCUT2D eigenvalue weighted by molar-refractivity contribution is 0.102. The van der Waals surface area contributed by atoms with Crippen molar-refractivity contribution in [2.45, 2.75) is 40.2 Å². The maximum absolute atomic E-state index is 14.5. The molecule has 3 heterocycles. The Labute approximate surface area is 191 Å². The zero-order valence-corrected chi connectivity index (χ0v) is 19.2. The third kappa shape index (κ3) is 4.54. The minimum atomic E-state index is -0.504. The maximum Gasteiger partial charge on any atom is 0.257 e. The average Bonchev–Trinajstić information content (AvgIpc) is 3.39. The van der Waals surface area contributed by atoms with Gasteiger partial charge in [0.05, 0.1) is 16.9 Å². The first-order valence-corrected chi connectivity index (χ1v) is 11.3. The molecule has 0 spiro atoms. The van der Waals surface area contributed by atoms with E-state index in [1.165, 1.54) is 6.07 Å². The number of benzene rings is 1. The monoisotopic (exact) mass is 452 g/mol. The van der Waals surface area contributed by atoms with E-state index in [9.17, 15) is 14.3 Å². The van der Waals surface area contributed by atoms with E-state index < -0.39 is 5.82 Å². The smallest absolute Gasteiger partial charge is 0.257 e. The van der Waals surface area contributed by atoms with E-state index >= 15 is 0 Å². The first kappa shape index (κ1) is 22.7. The van der Waals surface area contributed by atoms with Gasteiger partial charge < -0.3 is 19.7 Å². The van der Waals surface area contributed by atoms with Gasteiger partial charge in [0.15, 0.2) is 11.5 Å². The average molecular weight is 453 g/mol. The Morgan fingerprint density at radius 3 is 2.76 bits per heavy atom. The third-order valence-electron chi connectivity index (χ3n) is 5.57. The number of halogens is 1. The number of aromatic nitrogens is 4. The summed E-state index contributed by atoms with van der Waals surface area (Å²) in [5, 5.41) is 17.6. The molecule has 0 aliphatic rings. The summed E-state index contributed by atoms with van der Waals surface area (Å²) in [6, 6.07) is 4.96. The molecule has 0 unspecified atom stereocenters. The molecule has 2 N–H and O–H groups in total. The number of hydrogen-bond acceptors (Lipinski definition) is 5. The van der Waals surface area contributed by atoms with Crippen LogP contribution in [0.25, 0.3) is 16.6 Å². The Kier molecular flexibility index (Phi) is 6.60. The highest BCUT2D eigenvalue weighted by Gasteiger charge is 2.19. The van der Waals surface area contributed by atoms with Gasteiger partial charge in [-0.15, -0.1) is 0 Å². The number of fused-ring (bicyclic) bond motifs is 2. The predicted molar refractivity (Wildman–Crippen MR) is 127 cm³/mol. The Hall–Kier alpha value is -3.46. The molecule has 0 aliphatic carbocycles. The molecule has 0 radical (unpaired) electrons. The highest BCUT2D eigenvalue weighted by molar-refractivity contribution is 6.13. The summed E-state index contributed by atoms with van der Waals surface area (Å²) in [7, 11) is 0. The standard InChI is InChI=1S/C24H29FN6O2/c1-4-9-29(10-6-11-32)21-8-7-18(22-19(21)15-31(5-2)28-22)24(33)27-17-12-20(25)23-26-16(3)13-30(23)14-17/h7-8,12-15,32H,4-6,9-11H2,1-3H3,(H,27,33). The molecular formula is C24H29FN6O2. The molecule has 1 amide bonds. The molecule has 0 atom stereocenters. The van der Waals surface area contributed by atoms with Gasteiger partial charge in [0.1, 0.15) is 5.52 Å². The van der Waals surface area contributed by atoms with Crippen LogP contribution in [0.4, 0.5) is 15.8 Å². The summed E-state index contributed by atoms with van der Waals surface area (Å²) < 4.78 is 17.8. The molecule has 4 rings (SSSR count). The van der Waals surface area contributed by atoms with E-state index in [1.54, 1.807) is 34.5 Å². The van der Waals surface area contributed by atoms with Crippen LogP contribution in [0.5, 0.6) is 0 Å². The fourth-order valence-electron chi connectivity index (χ4n) is 4.09. The number of carbonyl (C=O) groups excluding carboxylic acids is 1. The Morgan fingerprint density at radius 2 is 2.03 bits per heavy atom. The largest absolute Gasteiger partial charge is 0.396 e. The van der Waals surface area contributed by atoms with Gasteiger partial charge in [-0.2, -0.15) is 5.10 Å². The van der Waals surface area contributed by atoms with Gasteiger partial charge in [0.25, 0.3) is 5.91 Å². The molecule has 1 aromatic carbocycles. The van der Waals surface area contributed by atoms with Crippen LogP contribution < -0.4 is 10.2 Å². The van der Waals surface area contributed by atoms with E-state index in [-0.39, 0.29) is 18.2 Å². The SMILES string of the molecule is CCCN(CCCO)c1ccc(C(=O)Nc2cc(F)c3nc(C)cn3c2)c2nn(CC)cc12. The molecule has 0 bridgehead atoms. The second-order valence-electron chi connectivity index (χ2n) is 8.09. The molecule has 0 aliphatic heterocycles. The molecule has 4 aromatic rings. The van der Waals surface area contributed by atoms with Gasteiger partial charge >= 0.3 is 0 Å². The summed E-state index contributed by atoms with van der Waals surface area (Å²) in [5.41, 5.74) is 3.25. The summed E-state index contributed by atoms with van der Waals surface area (Å²) in [6.07, 6.45) is 6.92. The molecule has 0 saturated carbocycles. The van der Waals surface area contributed by atoms with Crippen LogP contribution in [0.3, 0.4) is 0 Å². The first-order chi connectivity index (χ1) is 15.9. The number of hydrogen-bond donors (Lipinski definition) is 2. The Balaban J connectivity index is 1.71. The molecule has 0 fully saturated rings. The number of nitrogens with zero attached hydrogens (tertiary/aromatic N) is 5. The summed E-state index contributed by atoms with van der Waals surface area (Å²) in [5.74, 6) is -0.864. The number of rotatable bonds is 9. The number of nitrogens with one attached hydrogen (secondary N) is 1. The number of amides is 1. The summed E-state index contributed by atoms with van der Waals surface area (Å²) in [4.78, 5) is 19.6. The quantitative estimate of drug-likeness (QED) is 0.401. The zero-order chi connectivity index (χ0) is 23.5. The predicted octanol–water partition coefficient (Wildman–Crippen LogP) is 4.00. The van der Waals surface area contributed by atoms with Crippen LogP contribution in [0, 0.1) is 12.7 Å². The highest BCUT2D eigenvalue weighted by Crippen LogP contribution is 2.30. The van der Waals surface area contributed by atoms with E-state index in [1.807, 2.05) is 19.2 Å². The van der Waals surface area contributed by atoms with Gasteiger partial charge in [-0.1, -0.05) is 6.92 Å². The van der Waals surface area contributed by atoms with E-state index in [0.717, 1.165) is 24.0 Å². The van der Waals surface area contributed by atoms with Crippen molar-refractivity contribution in [3.63, 3.8) is 0 Å². The lowest BCUT2D eigenvalue weighted by Crippen LogP contribution is -2.26. The minimum absolute atomic E-state index is 0.120. The van der Waals surface area contributed by atoms with Crippen molar-refractivity contribution in [2.24, 2.45) is 0 Å². The van der Waals surface area contributed by atoms with Crippen molar-refractivity contribution in [3.05, 3.63) is 53.9 Å². The van der Waals surface area contributed by atoms with Crippen LogP contribution in [-0.4, -0.2) is 49.9 Å². The molecule has 8 nitrogen and oxygen atoms in total. The Bertz CT molecular complexity index is 1300. The van der Waals surface area contributed by atoms with Gasteiger partial charge in [0.2, 0.25) is 0 Å². The second kappa shape index (κ2) is 9.58. The topological polar surface area (TPSA) is 87.7 Å². The molecule has 33 heavy (non-hydrogen) atoms. The lowest BCUT2D eigenvalue weighted by Gasteiger charge is -2.25.